The number of hydrogen-bond donors (Lipinski definition) is 0. The maximum absolute atomic E-state index is 13.7. The number of fused-ring (bicyclic) bond motifs is 3. The Kier molecular flexibility index (Phi) is 12.2. The third-order valence-electron chi connectivity index (χ3n) is 10.4. The predicted molar refractivity (Wildman–Crippen MR) is 173 cm³/mol. The van der Waals surface area contributed by atoms with Crippen molar-refractivity contribution in [1.82, 2.24) is 0 Å². The summed E-state index contributed by atoms with van der Waals surface area (Å²) in [7, 11) is 0. The third kappa shape index (κ3) is 8.83. The van der Waals surface area contributed by atoms with E-state index < -0.39 is 127 Å². The minimum Gasteiger partial charge on any atom is -0.472 e. The number of cyclic esters (lactones) is 1. The average molecular weight is 751 g/mol. The lowest BCUT2D eigenvalue weighted by molar-refractivity contribution is -0.331. The van der Waals surface area contributed by atoms with E-state index in [1.807, 2.05) is 6.92 Å². The molecule has 0 unspecified atom stereocenters. The van der Waals surface area contributed by atoms with Crippen molar-refractivity contribution < 1.29 is 80.6 Å². The van der Waals surface area contributed by atoms with Crippen LogP contribution in [0, 0.1) is 23.2 Å². The molecule has 292 valence electrons. The third-order valence-corrected chi connectivity index (χ3v) is 10.4. The lowest BCUT2D eigenvalue weighted by Gasteiger charge is -2.59. The van der Waals surface area contributed by atoms with Crippen molar-refractivity contribution >= 4 is 41.8 Å². The molecule has 4 aliphatic rings. The van der Waals surface area contributed by atoms with Gasteiger partial charge in [0.15, 0.2) is 24.6 Å². The molecule has 53 heavy (non-hydrogen) atoms. The van der Waals surface area contributed by atoms with Gasteiger partial charge in [-0.2, -0.15) is 0 Å². The standard InChI is InChI=1S/C36H46O17/c1-16(37)45-15-28-31(48-19(4)40)32(49-20(5)41)33(50-21(6)42)35(53-28)52-25-12-26(46-17(2)38)30(47-18(3)39)29-23(25)8-9-24-34(43)51-27(13-36(24,29)7)22-10-11-44-14-22/h10-11,14,23-33,35H,8-9,12-13,15H2,1-7H3/t23-,24+,25-,26+,27+,28-,29+,30+,31-,32+,33-,35-,36-/m1/s1. The Labute approximate surface area is 305 Å². The van der Waals surface area contributed by atoms with Crippen LogP contribution in [-0.4, -0.2) is 97.4 Å². The van der Waals surface area contributed by atoms with Crippen LogP contribution in [0.25, 0.3) is 0 Å². The van der Waals surface area contributed by atoms with Crippen molar-refractivity contribution in [2.24, 2.45) is 23.2 Å². The molecule has 17 nitrogen and oxygen atoms in total. The predicted octanol–water partition coefficient (Wildman–Crippen LogP) is 2.65. The molecule has 17 heteroatoms. The van der Waals surface area contributed by atoms with E-state index in [0.29, 0.717) is 24.8 Å². The van der Waals surface area contributed by atoms with Gasteiger partial charge in [0.05, 0.1) is 24.5 Å². The number of furan rings is 1. The molecular weight excluding hydrogens is 704 g/mol. The molecule has 2 aliphatic carbocycles. The highest BCUT2D eigenvalue weighted by atomic mass is 16.7. The maximum atomic E-state index is 13.7. The summed E-state index contributed by atoms with van der Waals surface area (Å²) in [5.41, 5.74) is -0.260. The monoisotopic (exact) mass is 750 g/mol. The summed E-state index contributed by atoms with van der Waals surface area (Å²) < 4.78 is 57.8. The summed E-state index contributed by atoms with van der Waals surface area (Å²) in [6.45, 7) is 8.41. The molecule has 13 atom stereocenters. The molecule has 2 saturated heterocycles. The first kappa shape index (κ1) is 39.7. The zero-order valence-electron chi connectivity index (χ0n) is 30.6. The van der Waals surface area contributed by atoms with Crippen LogP contribution in [-0.2, 0) is 76.2 Å². The molecule has 0 radical (unpaired) electrons. The van der Waals surface area contributed by atoms with Crippen LogP contribution in [0.15, 0.2) is 23.0 Å². The van der Waals surface area contributed by atoms with Crippen LogP contribution < -0.4 is 0 Å². The van der Waals surface area contributed by atoms with Crippen LogP contribution in [0.2, 0.25) is 0 Å². The normalized spacial score (nSPS) is 36.3. The Hall–Kier alpha value is -4.51. The van der Waals surface area contributed by atoms with Crippen molar-refractivity contribution in [3.8, 4) is 0 Å². The summed E-state index contributed by atoms with van der Waals surface area (Å²) in [5, 5.41) is 0. The Bertz CT molecular complexity index is 1550. The number of ether oxygens (including phenoxy) is 9. The lowest BCUT2D eigenvalue weighted by atomic mass is 9.49. The van der Waals surface area contributed by atoms with Gasteiger partial charge >= 0.3 is 41.8 Å². The first-order valence-corrected chi connectivity index (χ1v) is 17.5. The molecule has 4 fully saturated rings. The second-order valence-corrected chi connectivity index (χ2v) is 14.2. The fourth-order valence-electron chi connectivity index (χ4n) is 8.66. The van der Waals surface area contributed by atoms with Gasteiger partial charge in [0.2, 0.25) is 0 Å². The summed E-state index contributed by atoms with van der Waals surface area (Å²) in [6.07, 6.45) is -6.81. The summed E-state index contributed by atoms with van der Waals surface area (Å²) in [5.74, 6) is -6.55. The van der Waals surface area contributed by atoms with E-state index in [-0.39, 0.29) is 6.42 Å². The quantitative estimate of drug-likeness (QED) is 0.248. The second kappa shape index (κ2) is 16.2. The number of hydrogen-bond acceptors (Lipinski definition) is 17. The number of esters is 7. The molecule has 2 saturated carbocycles. The Morgan fingerprint density at radius 3 is 1.94 bits per heavy atom. The zero-order chi connectivity index (χ0) is 38.8. The zero-order valence-corrected chi connectivity index (χ0v) is 30.6. The van der Waals surface area contributed by atoms with E-state index in [0.717, 1.165) is 27.7 Å². The summed E-state index contributed by atoms with van der Waals surface area (Å²) in [6, 6.07) is 1.70. The molecule has 0 bridgehead atoms. The molecule has 0 N–H and O–H groups in total. The highest BCUT2D eigenvalue weighted by molar-refractivity contribution is 5.75. The van der Waals surface area contributed by atoms with E-state index in [1.165, 1.54) is 26.4 Å². The van der Waals surface area contributed by atoms with Crippen molar-refractivity contribution in [2.45, 2.75) is 129 Å². The van der Waals surface area contributed by atoms with Crippen LogP contribution in [0.4, 0.5) is 0 Å². The maximum Gasteiger partial charge on any atom is 0.310 e. The van der Waals surface area contributed by atoms with Crippen molar-refractivity contribution in [3.05, 3.63) is 24.2 Å². The van der Waals surface area contributed by atoms with Crippen LogP contribution in [0.3, 0.4) is 0 Å². The topological polar surface area (TPSA) is 216 Å². The van der Waals surface area contributed by atoms with Gasteiger partial charge in [0, 0.05) is 59.4 Å². The highest BCUT2D eigenvalue weighted by Crippen LogP contribution is 2.61. The number of carbonyl (C=O) groups is 7. The van der Waals surface area contributed by atoms with Gasteiger partial charge in [-0.1, -0.05) is 6.92 Å². The highest BCUT2D eigenvalue weighted by Gasteiger charge is 2.64. The number of carbonyl (C=O) groups excluding carboxylic acids is 7. The molecule has 0 aromatic carbocycles. The van der Waals surface area contributed by atoms with Crippen LogP contribution in [0.5, 0.6) is 0 Å². The van der Waals surface area contributed by atoms with Crippen molar-refractivity contribution in [3.63, 3.8) is 0 Å². The van der Waals surface area contributed by atoms with E-state index in [2.05, 4.69) is 0 Å². The molecule has 0 spiro atoms. The molecule has 3 heterocycles. The van der Waals surface area contributed by atoms with E-state index >= 15 is 0 Å². The van der Waals surface area contributed by atoms with Gasteiger partial charge in [-0.25, -0.2) is 0 Å². The summed E-state index contributed by atoms with van der Waals surface area (Å²) >= 11 is 0. The largest absolute Gasteiger partial charge is 0.472 e. The van der Waals surface area contributed by atoms with Gasteiger partial charge in [0.25, 0.3) is 0 Å². The second-order valence-electron chi connectivity index (χ2n) is 14.2. The van der Waals surface area contributed by atoms with E-state index in [1.54, 1.807) is 6.07 Å². The molecular formula is C36H46O17. The fraction of sp³-hybridized carbons (Fsp3) is 0.694. The molecule has 1 aromatic rings. The van der Waals surface area contributed by atoms with Gasteiger partial charge in [0.1, 0.15) is 31.0 Å². The molecule has 0 amide bonds. The first-order valence-electron chi connectivity index (χ1n) is 17.5. The van der Waals surface area contributed by atoms with Crippen LogP contribution in [0.1, 0.15) is 85.8 Å². The minimum atomic E-state index is -1.52. The molecule has 2 aliphatic heterocycles. The van der Waals surface area contributed by atoms with E-state index in [9.17, 15) is 33.6 Å². The van der Waals surface area contributed by atoms with Crippen LogP contribution >= 0.6 is 0 Å². The Morgan fingerprint density at radius 1 is 0.755 bits per heavy atom. The Morgan fingerprint density at radius 2 is 1.36 bits per heavy atom. The fourth-order valence-corrected chi connectivity index (χ4v) is 8.66. The SMILES string of the molecule is CC(=O)OC[C@H]1O[C@@H](O[C@@H]2C[C@H](OC(C)=O)[C@H](OC(C)=O)[C@@H]3[C@@H]2CC[C@H]2C(=O)O[C@H](c4ccoc4)C[C@@]32C)[C@H](OC(C)=O)[C@@H](OC(C)=O)[C@@H]1OC(C)=O. The Balaban J connectivity index is 1.58. The van der Waals surface area contributed by atoms with Gasteiger partial charge in [-0.15, -0.1) is 0 Å². The van der Waals surface area contributed by atoms with Crippen molar-refractivity contribution in [2.75, 3.05) is 6.61 Å². The lowest BCUT2D eigenvalue weighted by Crippen LogP contribution is -2.66. The average Bonchev–Trinajstić information content (AvgIpc) is 3.58. The smallest absolute Gasteiger partial charge is 0.310 e. The van der Waals surface area contributed by atoms with E-state index in [4.69, 9.17) is 47.0 Å². The molecule has 5 rings (SSSR count). The van der Waals surface area contributed by atoms with Gasteiger partial charge in [-0.05, 0) is 36.7 Å². The number of rotatable bonds is 10. The van der Waals surface area contributed by atoms with Gasteiger partial charge < -0.3 is 47.0 Å². The minimum absolute atomic E-state index is 0.0259. The van der Waals surface area contributed by atoms with Gasteiger partial charge in [-0.3, -0.25) is 33.6 Å². The molecule has 1 aromatic heterocycles. The first-order chi connectivity index (χ1) is 25.0. The summed E-state index contributed by atoms with van der Waals surface area (Å²) in [4.78, 5) is 87.8. The van der Waals surface area contributed by atoms with Crippen molar-refractivity contribution in [1.29, 1.82) is 0 Å².